The molecule has 0 aromatic heterocycles. The molecule has 0 N–H and O–H groups in total. The monoisotopic (exact) mass is 441 g/mol. The quantitative estimate of drug-likeness (QED) is 0.112. The molecule has 0 rings (SSSR count). The molecule has 29 heavy (non-hydrogen) atoms. The van der Waals surface area contributed by atoms with E-state index in [-0.39, 0.29) is 29.6 Å². The van der Waals surface area contributed by atoms with E-state index in [9.17, 15) is 4.21 Å². The third-order valence-corrected chi connectivity index (χ3v) is 6.07. The van der Waals surface area contributed by atoms with Crippen molar-refractivity contribution in [3.8, 4) is 0 Å². The standard InChI is InChI=1S/C24H50O3S.Na/c1-3-5-7-9-11-13-15-17-19-21-23-26-28(25)27-24-22-20-18-16-14-12-10-8-6-4-2;/h3-24H2,1-2H3;. The Hall–Kier alpha value is 1.07. The van der Waals surface area contributed by atoms with Crippen LogP contribution in [0.25, 0.3) is 0 Å². The van der Waals surface area contributed by atoms with Crippen molar-refractivity contribution in [3.05, 3.63) is 0 Å². The van der Waals surface area contributed by atoms with E-state index in [0.29, 0.717) is 13.2 Å². The zero-order valence-corrected chi connectivity index (χ0v) is 23.0. The van der Waals surface area contributed by atoms with Crippen molar-refractivity contribution < 1.29 is 12.6 Å². The summed E-state index contributed by atoms with van der Waals surface area (Å²) in [6.45, 7) is 5.64. The van der Waals surface area contributed by atoms with Crippen LogP contribution in [-0.4, -0.2) is 47.0 Å². The first-order valence-corrected chi connectivity index (χ1v) is 13.5. The zero-order chi connectivity index (χ0) is 20.5. The minimum Gasteiger partial charge on any atom is -0.268 e. The van der Waals surface area contributed by atoms with E-state index in [1.165, 1.54) is 116 Å². The fourth-order valence-electron chi connectivity index (χ4n) is 3.47. The molecule has 5 heteroatoms. The summed E-state index contributed by atoms with van der Waals surface area (Å²) in [6.07, 6.45) is 26.0. The molecule has 0 amide bonds. The third-order valence-electron chi connectivity index (χ3n) is 5.35. The summed E-state index contributed by atoms with van der Waals surface area (Å²) in [5.41, 5.74) is 0. The first kappa shape index (κ1) is 32.3. The topological polar surface area (TPSA) is 35.5 Å². The van der Waals surface area contributed by atoms with Gasteiger partial charge in [0.1, 0.15) is 0 Å². The van der Waals surface area contributed by atoms with Crippen LogP contribution in [0.3, 0.4) is 0 Å². The molecular weight excluding hydrogens is 391 g/mol. The van der Waals surface area contributed by atoms with Gasteiger partial charge in [0.05, 0.1) is 13.2 Å². The first-order chi connectivity index (χ1) is 13.8. The maximum absolute atomic E-state index is 11.6. The second kappa shape index (κ2) is 29.1. The Labute approximate surface area is 208 Å². The van der Waals surface area contributed by atoms with E-state index in [4.69, 9.17) is 8.37 Å². The van der Waals surface area contributed by atoms with Crippen LogP contribution in [0.1, 0.15) is 142 Å². The summed E-state index contributed by atoms with van der Waals surface area (Å²) >= 11 is -1.55. The van der Waals surface area contributed by atoms with Crippen LogP contribution in [0.15, 0.2) is 0 Å². The van der Waals surface area contributed by atoms with Gasteiger partial charge in [-0.25, -0.2) is 0 Å². The van der Waals surface area contributed by atoms with E-state index in [2.05, 4.69) is 13.8 Å². The molecule has 171 valence electrons. The van der Waals surface area contributed by atoms with Gasteiger partial charge in [-0.15, -0.1) is 0 Å². The van der Waals surface area contributed by atoms with Gasteiger partial charge in [-0.3, -0.25) is 8.37 Å². The predicted octanol–water partition coefficient (Wildman–Crippen LogP) is 8.06. The Balaban J connectivity index is 0. The third kappa shape index (κ3) is 29.1. The molecular formula is C24H50NaO3S. The van der Waals surface area contributed by atoms with Gasteiger partial charge < -0.3 is 0 Å². The van der Waals surface area contributed by atoms with Crippen molar-refractivity contribution in [2.75, 3.05) is 13.2 Å². The molecule has 0 saturated heterocycles. The number of unbranched alkanes of at least 4 members (excludes halogenated alkanes) is 18. The number of rotatable bonds is 24. The second-order valence-corrected chi connectivity index (χ2v) is 9.09. The summed E-state index contributed by atoms with van der Waals surface area (Å²) < 4.78 is 22.1. The summed E-state index contributed by atoms with van der Waals surface area (Å²) in [5.74, 6) is 0. The smallest absolute Gasteiger partial charge is 0.268 e. The fraction of sp³-hybridized carbons (Fsp3) is 1.00. The van der Waals surface area contributed by atoms with Crippen LogP contribution in [0.2, 0.25) is 0 Å². The fourth-order valence-corrected chi connectivity index (χ4v) is 4.04. The van der Waals surface area contributed by atoms with Gasteiger partial charge in [-0.1, -0.05) is 129 Å². The van der Waals surface area contributed by atoms with Crippen molar-refractivity contribution in [1.82, 2.24) is 0 Å². The van der Waals surface area contributed by atoms with E-state index in [1.807, 2.05) is 0 Å². The molecule has 0 spiro atoms. The molecule has 0 heterocycles. The molecule has 0 fully saturated rings. The summed E-state index contributed by atoms with van der Waals surface area (Å²) in [5, 5.41) is 0. The number of hydrogen-bond acceptors (Lipinski definition) is 3. The van der Waals surface area contributed by atoms with Crippen LogP contribution in [0.4, 0.5) is 0 Å². The molecule has 0 aromatic carbocycles. The van der Waals surface area contributed by atoms with Crippen molar-refractivity contribution in [3.63, 3.8) is 0 Å². The first-order valence-electron chi connectivity index (χ1n) is 12.5. The average molecular weight is 442 g/mol. The summed E-state index contributed by atoms with van der Waals surface area (Å²) in [6, 6.07) is 0. The van der Waals surface area contributed by atoms with E-state index in [1.54, 1.807) is 0 Å². The van der Waals surface area contributed by atoms with Gasteiger partial charge in [0.2, 0.25) is 0 Å². The molecule has 3 nitrogen and oxygen atoms in total. The Morgan fingerprint density at radius 2 is 0.690 bits per heavy atom. The molecule has 0 aromatic rings. The summed E-state index contributed by atoms with van der Waals surface area (Å²) in [7, 11) is 0. The van der Waals surface area contributed by atoms with Crippen molar-refractivity contribution in [1.29, 1.82) is 0 Å². The molecule has 0 saturated carbocycles. The van der Waals surface area contributed by atoms with E-state index < -0.39 is 11.4 Å². The predicted molar refractivity (Wildman–Crippen MR) is 129 cm³/mol. The molecule has 0 unspecified atom stereocenters. The molecule has 0 aliphatic rings. The maximum atomic E-state index is 11.6. The minimum atomic E-state index is -1.55. The van der Waals surface area contributed by atoms with Gasteiger partial charge in [-0.05, 0) is 12.8 Å². The van der Waals surface area contributed by atoms with Crippen LogP contribution < -0.4 is 0 Å². The van der Waals surface area contributed by atoms with Crippen LogP contribution in [0.5, 0.6) is 0 Å². The maximum Gasteiger partial charge on any atom is 0.304 e. The van der Waals surface area contributed by atoms with Gasteiger partial charge in [0.15, 0.2) is 0 Å². The Kier molecular flexibility index (Phi) is 32.3. The van der Waals surface area contributed by atoms with Crippen LogP contribution in [0, 0.1) is 0 Å². The van der Waals surface area contributed by atoms with Crippen LogP contribution >= 0.6 is 0 Å². The molecule has 0 aliphatic heterocycles. The summed E-state index contributed by atoms with van der Waals surface area (Å²) in [4.78, 5) is 0. The van der Waals surface area contributed by atoms with Crippen molar-refractivity contribution in [2.45, 2.75) is 142 Å². The Bertz CT molecular complexity index is 289. The molecule has 0 atom stereocenters. The average Bonchev–Trinajstić information content (AvgIpc) is 2.70. The Morgan fingerprint density at radius 1 is 0.448 bits per heavy atom. The van der Waals surface area contributed by atoms with E-state index in [0.717, 1.165) is 12.8 Å². The molecule has 1 radical (unpaired) electrons. The van der Waals surface area contributed by atoms with Gasteiger partial charge in [0, 0.05) is 29.6 Å². The minimum absolute atomic E-state index is 0. The van der Waals surface area contributed by atoms with E-state index >= 15 is 0 Å². The largest absolute Gasteiger partial charge is 0.304 e. The van der Waals surface area contributed by atoms with Gasteiger partial charge >= 0.3 is 11.4 Å². The second-order valence-electron chi connectivity index (χ2n) is 8.21. The molecule has 0 bridgehead atoms. The van der Waals surface area contributed by atoms with Crippen LogP contribution in [-0.2, 0) is 19.7 Å². The Morgan fingerprint density at radius 3 is 0.966 bits per heavy atom. The van der Waals surface area contributed by atoms with Gasteiger partial charge in [0.25, 0.3) is 0 Å². The molecule has 0 aliphatic carbocycles. The van der Waals surface area contributed by atoms with Gasteiger partial charge in [-0.2, -0.15) is 4.21 Å². The van der Waals surface area contributed by atoms with Crippen molar-refractivity contribution >= 4 is 40.9 Å². The SMILES string of the molecule is CCCCCCCCCCCCOS(=O)OCCCCCCCCCCCC.[Na]. The zero-order valence-electron chi connectivity index (χ0n) is 20.2. The normalized spacial score (nSPS) is 11.1. The number of hydrogen-bond donors (Lipinski definition) is 0. The van der Waals surface area contributed by atoms with Crippen molar-refractivity contribution in [2.24, 2.45) is 0 Å².